The number of benzene rings is 1. The van der Waals surface area contributed by atoms with Gasteiger partial charge in [0.25, 0.3) is 0 Å². The van der Waals surface area contributed by atoms with E-state index < -0.39 is 0 Å². The molecule has 1 amide bonds. The van der Waals surface area contributed by atoms with Crippen LogP contribution in [0.4, 0.5) is 4.39 Å². The predicted molar refractivity (Wildman–Crippen MR) is 81.5 cm³/mol. The Kier molecular flexibility index (Phi) is 11.6. The summed E-state index contributed by atoms with van der Waals surface area (Å²) in [6.45, 7) is 2.96. The smallest absolute Gasteiger partial charge is 0.223 e. The van der Waals surface area contributed by atoms with Crippen LogP contribution in [0.5, 0.6) is 5.75 Å². The average Bonchev–Trinajstić information content (AvgIpc) is 2.45. The first-order valence-electron chi connectivity index (χ1n) is 6.57. The van der Waals surface area contributed by atoms with E-state index in [2.05, 4.69) is 10.6 Å². The second kappa shape index (κ2) is 12.4. The number of nitrogens with one attached hydrogen (secondary N) is 2. The van der Waals surface area contributed by atoms with Crippen molar-refractivity contribution in [1.82, 2.24) is 10.6 Å². The van der Waals surface area contributed by atoms with Crippen LogP contribution in [0.2, 0.25) is 0 Å². The lowest BCUT2D eigenvalue weighted by atomic mass is 10.3. The summed E-state index contributed by atoms with van der Waals surface area (Å²) in [5, 5.41) is 5.90. The lowest BCUT2D eigenvalue weighted by Crippen LogP contribution is -2.33. The van der Waals surface area contributed by atoms with Crippen molar-refractivity contribution in [3.05, 3.63) is 30.1 Å². The summed E-state index contributed by atoms with van der Waals surface area (Å²) >= 11 is 0. The number of carbonyl (C=O) groups is 1. The molecule has 1 aromatic carbocycles. The largest absolute Gasteiger partial charge is 0.493 e. The molecule has 21 heavy (non-hydrogen) atoms. The van der Waals surface area contributed by atoms with Gasteiger partial charge in [0.15, 0.2) is 0 Å². The van der Waals surface area contributed by atoms with Crippen molar-refractivity contribution in [2.45, 2.75) is 6.42 Å². The molecule has 0 fully saturated rings. The molecule has 0 atom stereocenters. The summed E-state index contributed by atoms with van der Waals surface area (Å²) in [7, 11) is 1.64. The van der Waals surface area contributed by atoms with Gasteiger partial charge < -0.3 is 20.1 Å². The third-order valence-corrected chi connectivity index (χ3v) is 2.52. The lowest BCUT2D eigenvalue weighted by molar-refractivity contribution is -0.121. The fourth-order valence-electron chi connectivity index (χ4n) is 1.47. The first kappa shape index (κ1) is 19.6. The van der Waals surface area contributed by atoms with Crippen LogP contribution < -0.4 is 15.4 Å². The van der Waals surface area contributed by atoms with Crippen LogP contribution in [0.25, 0.3) is 0 Å². The molecular weight excluding hydrogens is 299 g/mol. The fraction of sp³-hybridized carbons (Fsp3) is 0.500. The molecule has 120 valence electrons. The summed E-state index contributed by atoms with van der Waals surface area (Å²) in [5.41, 5.74) is 0. The Morgan fingerprint density at radius 2 is 1.86 bits per heavy atom. The number of amides is 1. The Morgan fingerprint density at radius 1 is 1.14 bits per heavy atom. The molecule has 0 bridgehead atoms. The van der Waals surface area contributed by atoms with Gasteiger partial charge in [-0.3, -0.25) is 4.79 Å². The zero-order valence-electron chi connectivity index (χ0n) is 12.1. The molecule has 0 heterocycles. The highest BCUT2D eigenvalue weighted by Gasteiger charge is 2.01. The van der Waals surface area contributed by atoms with Gasteiger partial charge in [0.1, 0.15) is 11.6 Å². The summed E-state index contributed by atoms with van der Waals surface area (Å²) < 4.78 is 22.9. The van der Waals surface area contributed by atoms with Crippen LogP contribution in [0.1, 0.15) is 6.42 Å². The molecule has 0 aliphatic rings. The third-order valence-electron chi connectivity index (χ3n) is 2.52. The Hall–Kier alpha value is -1.37. The molecule has 0 aromatic heterocycles. The van der Waals surface area contributed by atoms with Crippen molar-refractivity contribution in [3.8, 4) is 5.75 Å². The number of hydrogen-bond acceptors (Lipinski definition) is 4. The van der Waals surface area contributed by atoms with E-state index in [1.165, 1.54) is 24.3 Å². The minimum absolute atomic E-state index is 0. The highest BCUT2D eigenvalue weighted by Crippen LogP contribution is 2.10. The quantitative estimate of drug-likeness (QED) is 0.639. The molecule has 0 aliphatic carbocycles. The number of methoxy groups -OCH3 is 1. The average molecular weight is 321 g/mol. The van der Waals surface area contributed by atoms with Gasteiger partial charge in [-0.25, -0.2) is 4.39 Å². The van der Waals surface area contributed by atoms with Gasteiger partial charge in [-0.05, 0) is 24.3 Å². The fourth-order valence-corrected chi connectivity index (χ4v) is 1.47. The van der Waals surface area contributed by atoms with E-state index in [1.54, 1.807) is 7.11 Å². The highest BCUT2D eigenvalue weighted by atomic mass is 35.5. The summed E-state index contributed by atoms with van der Waals surface area (Å²) in [6.07, 6.45) is 0.273. The molecule has 1 rings (SSSR count). The number of carbonyl (C=O) groups excluding carboxylic acids is 1. The van der Waals surface area contributed by atoms with E-state index in [0.717, 1.165) is 6.54 Å². The van der Waals surface area contributed by atoms with Gasteiger partial charge >= 0.3 is 0 Å². The lowest BCUT2D eigenvalue weighted by Gasteiger charge is -2.08. The zero-order valence-corrected chi connectivity index (χ0v) is 12.9. The molecule has 1 aromatic rings. The first-order valence-corrected chi connectivity index (χ1v) is 6.57. The van der Waals surface area contributed by atoms with Crippen molar-refractivity contribution in [2.75, 3.05) is 40.0 Å². The van der Waals surface area contributed by atoms with Crippen molar-refractivity contribution in [1.29, 1.82) is 0 Å². The first-order chi connectivity index (χ1) is 9.72. The maximum atomic E-state index is 12.7. The Morgan fingerprint density at radius 3 is 2.52 bits per heavy atom. The van der Waals surface area contributed by atoms with Gasteiger partial charge in [-0.15, -0.1) is 12.4 Å². The molecule has 5 nitrogen and oxygen atoms in total. The number of rotatable bonds is 10. The van der Waals surface area contributed by atoms with Crippen molar-refractivity contribution in [3.63, 3.8) is 0 Å². The molecule has 7 heteroatoms. The van der Waals surface area contributed by atoms with Gasteiger partial charge in [0, 0.05) is 26.7 Å². The maximum Gasteiger partial charge on any atom is 0.223 e. The SMILES string of the molecule is COCCNCCNC(=O)CCOc1ccc(F)cc1.Cl. The van der Waals surface area contributed by atoms with Crippen LogP contribution in [-0.2, 0) is 9.53 Å². The Bertz CT molecular complexity index is 390. The van der Waals surface area contributed by atoms with Gasteiger partial charge in [0.05, 0.1) is 19.6 Å². The second-order valence-electron chi connectivity index (χ2n) is 4.15. The summed E-state index contributed by atoms with van der Waals surface area (Å²) in [4.78, 5) is 11.5. The molecule has 0 aliphatic heterocycles. The molecular formula is C14H22ClFN2O3. The molecule has 0 unspecified atom stereocenters. The van der Waals surface area contributed by atoms with Crippen molar-refractivity contribution >= 4 is 18.3 Å². The Labute approximate surface area is 130 Å². The van der Waals surface area contributed by atoms with Crippen LogP contribution >= 0.6 is 12.4 Å². The number of ether oxygens (including phenoxy) is 2. The topological polar surface area (TPSA) is 59.6 Å². The zero-order chi connectivity index (χ0) is 14.6. The van der Waals surface area contributed by atoms with Gasteiger partial charge in [-0.2, -0.15) is 0 Å². The Balaban J connectivity index is 0.00000400. The molecule has 0 saturated heterocycles. The van der Waals surface area contributed by atoms with Crippen LogP contribution in [-0.4, -0.2) is 45.9 Å². The monoisotopic (exact) mass is 320 g/mol. The van der Waals surface area contributed by atoms with E-state index in [0.29, 0.717) is 25.4 Å². The maximum absolute atomic E-state index is 12.7. The number of hydrogen-bond donors (Lipinski definition) is 2. The van der Waals surface area contributed by atoms with Crippen LogP contribution in [0, 0.1) is 5.82 Å². The third kappa shape index (κ3) is 10.1. The molecule has 0 saturated carbocycles. The van der Waals surface area contributed by atoms with Crippen molar-refractivity contribution < 1.29 is 18.7 Å². The molecule has 0 radical (unpaired) electrons. The summed E-state index contributed by atoms with van der Waals surface area (Å²) in [5.74, 6) is 0.178. The normalized spacial score (nSPS) is 9.81. The molecule has 2 N–H and O–H groups in total. The standard InChI is InChI=1S/C14H21FN2O3.ClH/c1-19-11-9-16-7-8-17-14(18)6-10-20-13-4-2-12(15)3-5-13;/h2-5,16H,6-11H2,1H3,(H,17,18);1H. The minimum Gasteiger partial charge on any atom is -0.493 e. The minimum atomic E-state index is -0.309. The van der Waals surface area contributed by atoms with E-state index in [-0.39, 0.29) is 37.2 Å². The number of halogens is 2. The van der Waals surface area contributed by atoms with Crippen LogP contribution in [0.3, 0.4) is 0 Å². The highest BCUT2D eigenvalue weighted by molar-refractivity contribution is 5.85. The van der Waals surface area contributed by atoms with Crippen molar-refractivity contribution in [2.24, 2.45) is 0 Å². The van der Waals surface area contributed by atoms with Gasteiger partial charge in [-0.1, -0.05) is 0 Å². The van der Waals surface area contributed by atoms with E-state index in [4.69, 9.17) is 9.47 Å². The second-order valence-corrected chi connectivity index (χ2v) is 4.15. The molecule has 0 spiro atoms. The van der Waals surface area contributed by atoms with E-state index in [1.807, 2.05) is 0 Å². The van der Waals surface area contributed by atoms with Gasteiger partial charge in [0.2, 0.25) is 5.91 Å². The summed E-state index contributed by atoms with van der Waals surface area (Å²) in [6, 6.07) is 5.71. The van der Waals surface area contributed by atoms with E-state index in [9.17, 15) is 9.18 Å². The van der Waals surface area contributed by atoms with E-state index >= 15 is 0 Å². The van der Waals surface area contributed by atoms with Crippen LogP contribution in [0.15, 0.2) is 24.3 Å². The predicted octanol–water partition coefficient (Wildman–Crippen LogP) is 1.37.